The highest BCUT2D eigenvalue weighted by molar-refractivity contribution is 7.07. The molecule has 1 amide bonds. The summed E-state index contributed by atoms with van der Waals surface area (Å²) in [5.41, 5.74) is 1.99. The zero-order valence-electron chi connectivity index (χ0n) is 11.8. The van der Waals surface area contributed by atoms with Crippen molar-refractivity contribution in [3.63, 3.8) is 0 Å². The van der Waals surface area contributed by atoms with Gasteiger partial charge in [0.25, 0.3) is 0 Å². The molecule has 3 heterocycles. The molecule has 0 saturated carbocycles. The third-order valence-electron chi connectivity index (χ3n) is 3.21. The predicted molar refractivity (Wildman–Crippen MR) is 85.4 cm³/mol. The van der Waals surface area contributed by atoms with Crippen molar-refractivity contribution in [1.82, 2.24) is 15.1 Å². The molecule has 3 aromatic rings. The number of carbonyl (C=O) groups is 1. The van der Waals surface area contributed by atoms with Gasteiger partial charge >= 0.3 is 0 Å². The Morgan fingerprint density at radius 2 is 2.45 bits per heavy atom. The van der Waals surface area contributed by atoms with E-state index in [-0.39, 0.29) is 11.9 Å². The zero-order chi connectivity index (χ0) is 15.2. The van der Waals surface area contributed by atoms with Gasteiger partial charge in [0.15, 0.2) is 0 Å². The molecule has 1 N–H and O–H groups in total. The summed E-state index contributed by atoms with van der Waals surface area (Å²) in [5.74, 6) is -0.145. The Bertz CT molecular complexity index is 681. The number of aromatic nitrogens is 2. The molecule has 5 nitrogen and oxygen atoms in total. The molecule has 0 aliphatic carbocycles. The van der Waals surface area contributed by atoms with Crippen LogP contribution < -0.4 is 5.32 Å². The Morgan fingerprint density at radius 1 is 1.50 bits per heavy atom. The average Bonchev–Trinajstić information content (AvgIpc) is 3.27. The van der Waals surface area contributed by atoms with Crippen molar-refractivity contribution in [2.24, 2.45) is 0 Å². The van der Waals surface area contributed by atoms with Crippen molar-refractivity contribution in [1.29, 1.82) is 0 Å². The van der Waals surface area contributed by atoms with Gasteiger partial charge in [-0.2, -0.15) is 16.4 Å². The van der Waals surface area contributed by atoms with Crippen LogP contribution in [0.4, 0.5) is 0 Å². The Kier molecular flexibility index (Phi) is 4.50. The monoisotopic (exact) mass is 313 g/mol. The van der Waals surface area contributed by atoms with Gasteiger partial charge in [-0.1, -0.05) is 0 Å². The van der Waals surface area contributed by atoms with Crippen LogP contribution in [0.3, 0.4) is 0 Å². The minimum atomic E-state index is -0.145. The summed E-state index contributed by atoms with van der Waals surface area (Å²) in [5, 5.41) is 11.3. The first-order chi connectivity index (χ1) is 10.8. The van der Waals surface area contributed by atoms with E-state index < -0.39 is 0 Å². The third kappa shape index (κ3) is 3.53. The van der Waals surface area contributed by atoms with Gasteiger partial charge in [0.2, 0.25) is 5.91 Å². The number of amides is 1. The van der Waals surface area contributed by atoms with E-state index >= 15 is 0 Å². The number of rotatable bonds is 6. The summed E-state index contributed by atoms with van der Waals surface area (Å²) >= 11 is 1.63. The Labute approximate surface area is 131 Å². The lowest BCUT2D eigenvalue weighted by atomic mass is 10.1. The van der Waals surface area contributed by atoms with Gasteiger partial charge in [0, 0.05) is 30.6 Å². The van der Waals surface area contributed by atoms with E-state index in [1.54, 1.807) is 42.2 Å². The second kappa shape index (κ2) is 6.91. The second-order valence-electron chi connectivity index (χ2n) is 4.69. The van der Waals surface area contributed by atoms with E-state index in [4.69, 9.17) is 4.42 Å². The summed E-state index contributed by atoms with van der Waals surface area (Å²) in [4.78, 5) is 11.9. The van der Waals surface area contributed by atoms with Crippen LogP contribution in [0.15, 0.2) is 64.4 Å². The van der Waals surface area contributed by atoms with Crippen LogP contribution in [0.1, 0.15) is 17.2 Å². The highest BCUT2D eigenvalue weighted by Gasteiger charge is 2.15. The molecule has 112 valence electrons. The molecule has 0 radical (unpaired) electrons. The van der Waals surface area contributed by atoms with Crippen LogP contribution in [-0.2, 0) is 4.79 Å². The number of thiophene rings is 1. The van der Waals surface area contributed by atoms with E-state index in [1.165, 1.54) is 6.08 Å². The molecule has 0 fully saturated rings. The molecule has 0 aromatic carbocycles. The number of carbonyl (C=O) groups excluding carboxylic acids is 1. The standard InChI is InChI=1S/C16H15N3O2S/c20-16(3-2-13-4-8-21-11-13)17-10-15(14-5-9-22-12-14)19-7-1-6-18-19/h1-9,11-12,15H,10H2,(H,17,20). The first kappa shape index (κ1) is 14.3. The molecule has 0 aliphatic rings. The van der Waals surface area contributed by atoms with Crippen molar-refractivity contribution in [2.45, 2.75) is 6.04 Å². The lowest BCUT2D eigenvalue weighted by molar-refractivity contribution is -0.116. The fourth-order valence-electron chi connectivity index (χ4n) is 2.09. The molecule has 22 heavy (non-hydrogen) atoms. The number of nitrogens with zero attached hydrogens (tertiary/aromatic N) is 2. The normalized spacial score (nSPS) is 12.5. The number of hydrogen-bond donors (Lipinski definition) is 1. The molecule has 1 atom stereocenters. The van der Waals surface area contributed by atoms with Crippen molar-refractivity contribution in [3.8, 4) is 0 Å². The van der Waals surface area contributed by atoms with Crippen LogP contribution in [-0.4, -0.2) is 22.2 Å². The summed E-state index contributed by atoms with van der Waals surface area (Å²) in [6.07, 6.45) is 10.0. The predicted octanol–water partition coefficient (Wildman–Crippen LogP) is 2.96. The molecule has 6 heteroatoms. The first-order valence-electron chi connectivity index (χ1n) is 6.82. The van der Waals surface area contributed by atoms with Gasteiger partial charge in [-0.05, 0) is 40.6 Å². The van der Waals surface area contributed by atoms with Crippen molar-refractivity contribution in [2.75, 3.05) is 6.54 Å². The van der Waals surface area contributed by atoms with Crippen LogP contribution in [0, 0.1) is 0 Å². The summed E-state index contributed by atoms with van der Waals surface area (Å²) < 4.78 is 6.80. The maximum Gasteiger partial charge on any atom is 0.244 e. The SMILES string of the molecule is O=C(C=Cc1ccoc1)NCC(c1ccsc1)n1cccn1. The van der Waals surface area contributed by atoms with Crippen LogP contribution >= 0.6 is 11.3 Å². The maximum absolute atomic E-state index is 11.9. The van der Waals surface area contributed by atoms with Gasteiger partial charge in [-0.15, -0.1) is 0 Å². The Balaban J connectivity index is 1.63. The third-order valence-corrected chi connectivity index (χ3v) is 3.91. The fraction of sp³-hybridized carbons (Fsp3) is 0.125. The molecule has 1 unspecified atom stereocenters. The highest BCUT2D eigenvalue weighted by Crippen LogP contribution is 2.19. The van der Waals surface area contributed by atoms with Crippen LogP contribution in [0.25, 0.3) is 6.08 Å². The molecular formula is C16H15N3O2S. The van der Waals surface area contributed by atoms with Crippen molar-refractivity contribution >= 4 is 23.3 Å². The van der Waals surface area contributed by atoms with Crippen LogP contribution in [0.5, 0.6) is 0 Å². The summed E-state index contributed by atoms with van der Waals surface area (Å²) in [6.45, 7) is 0.479. The molecule has 0 saturated heterocycles. The lowest BCUT2D eigenvalue weighted by Gasteiger charge is -2.16. The zero-order valence-corrected chi connectivity index (χ0v) is 12.6. The van der Waals surface area contributed by atoms with Gasteiger partial charge in [0.1, 0.15) is 0 Å². The van der Waals surface area contributed by atoms with Crippen LogP contribution in [0.2, 0.25) is 0 Å². The second-order valence-corrected chi connectivity index (χ2v) is 5.47. The van der Waals surface area contributed by atoms with Crippen molar-refractivity contribution in [3.05, 3.63) is 71.1 Å². The van der Waals surface area contributed by atoms with E-state index in [9.17, 15) is 4.79 Å². The molecule has 3 rings (SSSR count). The summed E-state index contributed by atoms with van der Waals surface area (Å²) in [6, 6.07) is 5.71. The minimum Gasteiger partial charge on any atom is -0.472 e. The first-order valence-corrected chi connectivity index (χ1v) is 7.76. The van der Waals surface area contributed by atoms with E-state index in [0.717, 1.165) is 11.1 Å². The quantitative estimate of drug-likeness (QED) is 0.712. The summed E-state index contributed by atoms with van der Waals surface area (Å²) in [7, 11) is 0. The molecular weight excluding hydrogens is 298 g/mol. The lowest BCUT2D eigenvalue weighted by Crippen LogP contribution is -2.30. The van der Waals surface area contributed by atoms with E-state index in [0.29, 0.717) is 6.54 Å². The number of furan rings is 1. The average molecular weight is 313 g/mol. The molecule has 0 bridgehead atoms. The van der Waals surface area contributed by atoms with Gasteiger partial charge < -0.3 is 9.73 Å². The van der Waals surface area contributed by atoms with Gasteiger partial charge in [-0.3, -0.25) is 9.48 Å². The molecule has 0 aliphatic heterocycles. The smallest absolute Gasteiger partial charge is 0.244 e. The Morgan fingerprint density at radius 3 is 3.14 bits per heavy atom. The topological polar surface area (TPSA) is 60.1 Å². The highest BCUT2D eigenvalue weighted by atomic mass is 32.1. The maximum atomic E-state index is 11.9. The molecule has 0 spiro atoms. The number of nitrogens with one attached hydrogen (secondary N) is 1. The fourth-order valence-corrected chi connectivity index (χ4v) is 2.80. The van der Waals surface area contributed by atoms with E-state index in [2.05, 4.69) is 15.8 Å². The van der Waals surface area contributed by atoms with E-state index in [1.807, 2.05) is 28.4 Å². The molecule has 3 aromatic heterocycles. The van der Waals surface area contributed by atoms with Gasteiger partial charge in [0.05, 0.1) is 18.6 Å². The van der Waals surface area contributed by atoms with Crippen molar-refractivity contribution < 1.29 is 9.21 Å². The Hall–Kier alpha value is -2.60. The number of hydrogen-bond acceptors (Lipinski definition) is 4. The largest absolute Gasteiger partial charge is 0.472 e. The minimum absolute atomic E-state index is 0.00692. The van der Waals surface area contributed by atoms with Gasteiger partial charge in [-0.25, -0.2) is 0 Å².